The van der Waals surface area contributed by atoms with Crippen LogP contribution in [0.4, 0.5) is 4.39 Å². The number of hydrogen-bond donors (Lipinski definition) is 0. The normalized spacial score (nSPS) is 13.4. The van der Waals surface area contributed by atoms with Crippen molar-refractivity contribution in [2.24, 2.45) is 0 Å². The second-order valence-electron chi connectivity index (χ2n) is 2.79. The Balaban J connectivity index is 0.000000791. The van der Waals surface area contributed by atoms with Gasteiger partial charge in [-0.05, 0) is 24.6 Å². The maximum absolute atomic E-state index is 13.6. The van der Waals surface area contributed by atoms with Gasteiger partial charge in [0.2, 0.25) is 0 Å². The first-order chi connectivity index (χ1) is 6.56. The summed E-state index contributed by atoms with van der Waals surface area (Å²) in [6.45, 7) is 10.9. The number of hydrogen-bond acceptors (Lipinski definition) is 0. The van der Waals surface area contributed by atoms with Gasteiger partial charge in [0.1, 0.15) is 0 Å². The summed E-state index contributed by atoms with van der Waals surface area (Å²) in [5, 5.41) is 0. The molecule has 1 rings (SSSR count). The number of benzene rings is 1. The van der Waals surface area contributed by atoms with Crippen LogP contribution in [-0.4, -0.2) is 0 Å². The molecule has 0 aromatic heterocycles. The van der Waals surface area contributed by atoms with Crippen molar-refractivity contribution in [3.05, 3.63) is 60.1 Å². The third kappa shape index (κ3) is 3.46. The molecule has 0 N–H and O–H groups in total. The zero-order chi connectivity index (χ0) is 11.2. The number of allylic oxidation sites excluding steroid dienone is 1. The van der Waals surface area contributed by atoms with Crippen molar-refractivity contribution in [1.29, 1.82) is 0 Å². The molecule has 0 bridgehead atoms. The molecule has 1 unspecified atom stereocenters. The summed E-state index contributed by atoms with van der Waals surface area (Å²) in [5.41, 5.74) is -0.804. The van der Waals surface area contributed by atoms with Crippen molar-refractivity contribution in [3.63, 3.8) is 0 Å². The fourth-order valence-corrected chi connectivity index (χ4v) is 1.16. The molecule has 0 saturated carbocycles. The maximum Gasteiger partial charge on any atom is 0.151 e. The molecule has 0 nitrogen and oxygen atoms in total. The number of halogens is 2. The van der Waals surface area contributed by atoms with E-state index in [0.717, 1.165) is 4.47 Å². The minimum absolute atomic E-state index is 0.626. The van der Waals surface area contributed by atoms with Crippen LogP contribution in [0.25, 0.3) is 0 Å². The second kappa shape index (κ2) is 5.76. The molecule has 0 saturated heterocycles. The Kier molecular flexibility index (Phi) is 5.39. The lowest BCUT2D eigenvalue weighted by molar-refractivity contribution is 0.264. The van der Waals surface area contributed by atoms with Crippen LogP contribution in [0.1, 0.15) is 12.5 Å². The quantitative estimate of drug-likeness (QED) is 0.678. The van der Waals surface area contributed by atoms with E-state index in [-0.39, 0.29) is 0 Å². The third-order valence-corrected chi connectivity index (χ3v) is 2.32. The first-order valence-electron chi connectivity index (χ1n) is 4.15. The molecule has 0 amide bonds. The van der Waals surface area contributed by atoms with Crippen LogP contribution in [0.2, 0.25) is 0 Å². The van der Waals surface area contributed by atoms with Gasteiger partial charge in [-0.2, -0.15) is 0 Å². The average Bonchev–Trinajstić information content (AvgIpc) is 2.21. The van der Waals surface area contributed by atoms with Crippen molar-refractivity contribution >= 4 is 15.9 Å². The van der Waals surface area contributed by atoms with Gasteiger partial charge in [-0.25, -0.2) is 4.39 Å². The first kappa shape index (κ1) is 13.1. The van der Waals surface area contributed by atoms with Crippen molar-refractivity contribution in [2.45, 2.75) is 12.6 Å². The number of alkyl halides is 1. The van der Waals surface area contributed by atoms with Gasteiger partial charge in [0.15, 0.2) is 5.67 Å². The monoisotopic (exact) mass is 256 g/mol. The summed E-state index contributed by atoms with van der Waals surface area (Å²) in [7, 11) is 0. The van der Waals surface area contributed by atoms with Gasteiger partial charge in [-0.1, -0.05) is 40.7 Å². The molecule has 0 heterocycles. The lowest BCUT2D eigenvalue weighted by Gasteiger charge is -2.15. The highest BCUT2D eigenvalue weighted by Gasteiger charge is 2.20. The van der Waals surface area contributed by atoms with E-state index in [2.05, 4.69) is 35.7 Å². The summed E-state index contributed by atoms with van der Waals surface area (Å²) < 4.78 is 14.5. The molecule has 14 heavy (non-hydrogen) atoms. The van der Waals surface area contributed by atoms with Gasteiger partial charge in [0.05, 0.1) is 0 Å². The Labute approximate surface area is 93.3 Å². The minimum atomic E-state index is -1.43. The van der Waals surface area contributed by atoms with Crippen molar-refractivity contribution in [3.8, 4) is 0 Å². The van der Waals surface area contributed by atoms with Gasteiger partial charge >= 0.3 is 0 Å². The Hall–Kier alpha value is -0.890. The van der Waals surface area contributed by atoms with E-state index < -0.39 is 5.67 Å². The van der Waals surface area contributed by atoms with E-state index >= 15 is 0 Å². The molecular weight excluding hydrogens is 243 g/mol. The van der Waals surface area contributed by atoms with Crippen molar-refractivity contribution < 1.29 is 4.39 Å². The van der Waals surface area contributed by atoms with Crippen LogP contribution in [-0.2, 0) is 5.67 Å². The first-order valence-corrected chi connectivity index (χ1v) is 4.94. The summed E-state index contributed by atoms with van der Waals surface area (Å²) in [4.78, 5) is 0. The predicted octanol–water partition coefficient (Wildman–Crippen LogP) is 4.62. The molecule has 1 aromatic carbocycles. The summed E-state index contributed by atoms with van der Waals surface area (Å²) in [5.74, 6) is 0. The van der Waals surface area contributed by atoms with Crippen LogP contribution in [0, 0.1) is 0 Å². The highest BCUT2D eigenvalue weighted by atomic mass is 79.9. The Morgan fingerprint density at radius 1 is 1.29 bits per heavy atom. The zero-order valence-corrected chi connectivity index (χ0v) is 9.85. The maximum atomic E-state index is 13.6. The number of rotatable bonds is 2. The SMILES string of the molecule is C=C.C=CC(C)(F)c1ccc(Br)cc1. The van der Waals surface area contributed by atoms with E-state index in [1.54, 1.807) is 12.1 Å². The van der Waals surface area contributed by atoms with Gasteiger partial charge in [-0.15, -0.1) is 13.2 Å². The van der Waals surface area contributed by atoms with E-state index in [1.807, 2.05) is 12.1 Å². The Bertz CT molecular complexity index is 288. The Morgan fingerprint density at radius 3 is 2.07 bits per heavy atom. The summed E-state index contributed by atoms with van der Waals surface area (Å²) >= 11 is 3.29. The molecule has 1 aromatic rings. The van der Waals surface area contributed by atoms with E-state index in [1.165, 1.54) is 13.0 Å². The summed E-state index contributed by atoms with van der Waals surface area (Å²) in [6, 6.07) is 7.12. The van der Waals surface area contributed by atoms with E-state index in [0.29, 0.717) is 5.56 Å². The average molecular weight is 257 g/mol. The van der Waals surface area contributed by atoms with Gasteiger partial charge in [-0.3, -0.25) is 0 Å². The fourth-order valence-electron chi connectivity index (χ4n) is 0.894. The highest BCUT2D eigenvalue weighted by Crippen LogP contribution is 2.27. The lowest BCUT2D eigenvalue weighted by Crippen LogP contribution is -2.10. The second-order valence-corrected chi connectivity index (χ2v) is 3.70. The van der Waals surface area contributed by atoms with Crippen LogP contribution in [0.5, 0.6) is 0 Å². The molecule has 0 radical (unpaired) electrons. The largest absolute Gasteiger partial charge is 0.234 e. The smallest absolute Gasteiger partial charge is 0.151 e. The topological polar surface area (TPSA) is 0 Å². The molecule has 0 aliphatic rings. The van der Waals surface area contributed by atoms with Crippen LogP contribution < -0.4 is 0 Å². The molecular formula is C12H14BrF. The lowest BCUT2D eigenvalue weighted by atomic mass is 9.98. The zero-order valence-electron chi connectivity index (χ0n) is 8.26. The molecule has 76 valence electrons. The highest BCUT2D eigenvalue weighted by molar-refractivity contribution is 9.10. The minimum Gasteiger partial charge on any atom is -0.234 e. The Morgan fingerprint density at radius 2 is 1.71 bits per heavy atom. The van der Waals surface area contributed by atoms with Crippen LogP contribution in [0.3, 0.4) is 0 Å². The van der Waals surface area contributed by atoms with Crippen LogP contribution in [0.15, 0.2) is 54.6 Å². The van der Waals surface area contributed by atoms with Gasteiger partial charge in [0.25, 0.3) is 0 Å². The van der Waals surface area contributed by atoms with Crippen molar-refractivity contribution in [1.82, 2.24) is 0 Å². The van der Waals surface area contributed by atoms with Gasteiger partial charge in [0, 0.05) is 4.47 Å². The predicted molar refractivity (Wildman–Crippen MR) is 64.1 cm³/mol. The molecule has 2 heteroatoms. The fraction of sp³-hybridized carbons (Fsp3) is 0.167. The van der Waals surface area contributed by atoms with Crippen LogP contribution >= 0.6 is 15.9 Å². The molecule has 1 atom stereocenters. The molecule has 0 aliphatic heterocycles. The van der Waals surface area contributed by atoms with E-state index in [4.69, 9.17) is 0 Å². The third-order valence-electron chi connectivity index (χ3n) is 1.79. The standard InChI is InChI=1S/C10H10BrF.C2H4/c1-3-10(2,12)8-4-6-9(11)7-5-8;1-2/h3-7H,1H2,2H3;1-2H2. The van der Waals surface area contributed by atoms with E-state index in [9.17, 15) is 4.39 Å². The molecule has 0 fully saturated rings. The molecule has 0 aliphatic carbocycles. The summed E-state index contributed by atoms with van der Waals surface area (Å²) in [6.07, 6.45) is 1.30. The van der Waals surface area contributed by atoms with Gasteiger partial charge < -0.3 is 0 Å². The van der Waals surface area contributed by atoms with Crippen molar-refractivity contribution in [2.75, 3.05) is 0 Å². The molecule has 0 spiro atoms.